The smallest absolute Gasteiger partial charge is 0.225 e. The summed E-state index contributed by atoms with van der Waals surface area (Å²) in [6.07, 6.45) is 7.74. The van der Waals surface area contributed by atoms with Gasteiger partial charge in [-0.15, -0.1) is 0 Å². The van der Waals surface area contributed by atoms with Crippen LogP contribution in [0.5, 0.6) is 0 Å². The SMILES string of the molecule is CCCCC(C)(C)C(=O)NCCCCCCN. The second kappa shape index (κ2) is 9.46. The van der Waals surface area contributed by atoms with Crippen LogP contribution in [-0.4, -0.2) is 19.0 Å². The molecule has 0 aromatic carbocycles. The predicted octanol–water partition coefficient (Wildman–Crippen LogP) is 2.84. The Bertz CT molecular complexity index is 202. The van der Waals surface area contributed by atoms with E-state index in [0.717, 1.165) is 51.6 Å². The molecule has 0 aromatic rings. The Labute approximate surface area is 107 Å². The highest BCUT2D eigenvalue weighted by Crippen LogP contribution is 2.23. The van der Waals surface area contributed by atoms with E-state index in [1.807, 2.05) is 13.8 Å². The second-order valence-corrected chi connectivity index (χ2v) is 5.45. The van der Waals surface area contributed by atoms with Crippen LogP contribution in [-0.2, 0) is 4.79 Å². The summed E-state index contributed by atoms with van der Waals surface area (Å²) in [6, 6.07) is 0. The number of carbonyl (C=O) groups is 1. The van der Waals surface area contributed by atoms with Gasteiger partial charge in [0.15, 0.2) is 0 Å². The van der Waals surface area contributed by atoms with E-state index in [-0.39, 0.29) is 11.3 Å². The van der Waals surface area contributed by atoms with E-state index in [9.17, 15) is 4.79 Å². The molecule has 0 aliphatic carbocycles. The van der Waals surface area contributed by atoms with Crippen LogP contribution in [0.15, 0.2) is 0 Å². The fourth-order valence-electron chi connectivity index (χ4n) is 1.80. The van der Waals surface area contributed by atoms with Crippen molar-refractivity contribution in [2.24, 2.45) is 11.1 Å². The molecule has 3 nitrogen and oxygen atoms in total. The first-order valence-electron chi connectivity index (χ1n) is 7.03. The van der Waals surface area contributed by atoms with E-state index in [4.69, 9.17) is 5.73 Å². The van der Waals surface area contributed by atoms with Crippen LogP contribution in [0.4, 0.5) is 0 Å². The highest BCUT2D eigenvalue weighted by Gasteiger charge is 2.25. The number of nitrogens with one attached hydrogen (secondary N) is 1. The van der Waals surface area contributed by atoms with Crippen molar-refractivity contribution in [3.05, 3.63) is 0 Å². The van der Waals surface area contributed by atoms with Gasteiger partial charge in [-0.3, -0.25) is 4.79 Å². The lowest BCUT2D eigenvalue weighted by atomic mass is 9.86. The Morgan fingerprint density at radius 3 is 2.35 bits per heavy atom. The van der Waals surface area contributed by atoms with Crippen LogP contribution in [0.2, 0.25) is 0 Å². The standard InChI is InChI=1S/C14H30N2O/c1-4-5-10-14(2,3)13(17)16-12-9-7-6-8-11-15/h4-12,15H2,1-3H3,(H,16,17). The molecular weight excluding hydrogens is 212 g/mol. The first kappa shape index (κ1) is 16.4. The van der Waals surface area contributed by atoms with Crippen molar-refractivity contribution in [1.29, 1.82) is 0 Å². The molecule has 17 heavy (non-hydrogen) atoms. The van der Waals surface area contributed by atoms with E-state index >= 15 is 0 Å². The molecule has 0 bridgehead atoms. The summed E-state index contributed by atoms with van der Waals surface area (Å²) in [5.74, 6) is 0.199. The van der Waals surface area contributed by atoms with E-state index in [2.05, 4.69) is 12.2 Å². The molecule has 0 aliphatic rings. The van der Waals surface area contributed by atoms with Gasteiger partial charge in [-0.25, -0.2) is 0 Å². The highest BCUT2D eigenvalue weighted by molar-refractivity contribution is 5.81. The molecule has 3 N–H and O–H groups in total. The van der Waals surface area contributed by atoms with Gasteiger partial charge in [0, 0.05) is 12.0 Å². The zero-order valence-electron chi connectivity index (χ0n) is 11.8. The number of hydrogen-bond acceptors (Lipinski definition) is 2. The van der Waals surface area contributed by atoms with Crippen molar-refractivity contribution in [2.75, 3.05) is 13.1 Å². The van der Waals surface area contributed by atoms with Gasteiger partial charge in [0.2, 0.25) is 5.91 Å². The van der Waals surface area contributed by atoms with Crippen LogP contribution in [0.25, 0.3) is 0 Å². The molecule has 0 saturated carbocycles. The number of rotatable bonds is 10. The zero-order valence-corrected chi connectivity index (χ0v) is 11.8. The summed E-state index contributed by atoms with van der Waals surface area (Å²) < 4.78 is 0. The van der Waals surface area contributed by atoms with Crippen molar-refractivity contribution < 1.29 is 4.79 Å². The largest absolute Gasteiger partial charge is 0.356 e. The molecule has 0 aromatic heterocycles. The highest BCUT2D eigenvalue weighted by atomic mass is 16.2. The fourth-order valence-corrected chi connectivity index (χ4v) is 1.80. The maximum absolute atomic E-state index is 11.9. The summed E-state index contributed by atoms with van der Waals surface area (Å²) in [5, 5.41) is 3.04. The third kappa shape index (κ3) is 8.19. The van der Waals surface area contributed by atoms with Gasteiger partial charge in [0.25, 0.3) is 0 Å². The van der Waals surface area contributed by atoms with Gasteiger partial charge >= 0.3 is 0 Å². The lowest BCUT2D eigenvalue weighted by Crippen LogP contribution is -2.37. The summed E-state index contributed by atoms with van der Waals surface area (Å²) in [4.78, 5) is 11.9. The summed E-state index contributed by atoms with van der Waals surface area (Å²) >= 11 is 0. The van der Waals surface area contributed by atoms with Crippen LogP contribution < -0.4 is 11.1 Å². The molecule has 0 aliphatic heterocycles. The third-order valence-corrected chi connectivity index (χ3v) is 3.19. The quantitative estimate of drug-likeness (QED) is 0.579. The average Bonchev–Trinajstić information content (AvgIpc) is 2.30. The third-order valence-electron chi connectivity index (χ3n) is 3.19. The number of hydrogen-bond donors (Lipinski definition) is 2. The molecule has 0 saturated heterocycles. The average molecular weight is 242 g/mol. The maximum atomic E-state index is 11.9. The molecule has 0 atom stereocenters. The molecule has 0 rings (SSSR count). The molecule has 1 amide bonds. The molecule has 0 radical (unpaired) electrons. The Kier molecular flexibility index (Phi) is 9.14. The Morgan fingerprint density at radius 2 is 1.76 bits per heavy atom. The summed E-state index contributed by atoms with van der Waals surface area (Å²) in [6.45, 7) is 7.81. The molecular formula is C14H30N2O. The number of unbranched alkanes of at least 4 members (excludes halogenated alkanes) is 4. The fraction of sp³-hybridized carbons (Fsp3) is 0.929. The van der Waals surface area contributed by atoms with Gasteiger partial charge in [-0.1, -0.05) is 46.5 Å². The first-order valence-corrected chi connectivity index (χ1v) is 7.03. The van der Waals surface area contributed by atoms with E-state index in [1.54, 1.807) is 0 Å². The monoisotopic (exact) mass is 242 g/mol. The second-order valence-electron chi connectivity index (χ2n) is 5.45. The summed E-state index contributed by atoms with van der Waals surface area (Å²) in [5.41, 5.74) is 5.21. The molecule has 0 unspecified atom stereocenters. The minimum Gasteiger partial charge on any atom is -0.356 e. The van der Waals surface area contributed by atoms with E-state index in [1.165, 1.54) is 6.42 Å². The van der Waals surface area contributed by atoms with E-state index < -0.39 is 0 Å². The Balaban J connectivity index is 3.62. The van der Waals surface area contributed by atoms with Crippen LogP contribution in [0.3, 0.4) is 0 Å². The number of carbonyl (C=O) groups excluding carboxylic acids is 1. The van der Waals surface area contributed by atoms with Crippen LogP contribution in [0.1, 0.15) is 65.7 Å². The molecule has 0 fully saturated rings. The van der Waals surface area contributed by atoms with Crippen molar-refractivity contribution in [2.45, 2.75) is 65.7 Å². The number of amides is 1. The lowest BCUT2D eigenvalue weighted by molar-refractivity contribution is -0.129. The molecule has 0 spiro atoms. The molecule has 0 heterocycles. The van der Waals surface area contributed by atoms with Gasteiger partial charge in [-0.05, 0) is 25.8 Å². The van der Waals surface area contributed by atoms with Gasteiger partial charge in [0.1, 0.15) is 0 Å². The van der Waals surface area contributed by atoms with Crippen molar-refractivity contribution in [3.63, 3.8) is 0 Å². The van der Waals surface area contributed by atoms with Crippen LogP contribution in [0, 0.1) is 5.41 Å². The Morgan fingerprint density at radius 1 is 1.12 bits per heavy atom. The Hall–Kier alpha value is -0.570. The van der Waals surface area contributed by atoms with Crippen LogP contribution >= 0.6 is 0 Å². The van der Waals surface area contributed by atoms with E-state index in [0.29, 0.717) is 0 Å². The topological polar surface area (TPSA) is 55.1 Å². The maximum Gasteiger partial charge on any atom is 0.225 e. The normalized spacial score (nSPS) is 11.5. The molecule has 102 valence electrons. The van der Waals surface area contributed by atoms with Gasteiger partial charge < -0.3 is 11.1 Å². The minimum atomic E-state index is -0.215. The van der Waals surface area contributed by atoms with Gasteiger partial charge in [0.05, 0.1) is 0 Å². The summed E-state index contributed by atoms with van der Waals surface area (Å²) in [7, 11) is 0. The lowest BCUT2D eigenvalue weighted by Gasteiger charge is -2.23. The molecule has 3 heteroatoms. The van der Waals surface area contributed by atoms with Gasteiger partial charge in [-0.2, -0.15) is 0 Å². The first-order chi connectivity index (χ1) is 8.04. The zero-order chi connectivity index (χ0) is 13.1. The minimum absolute atomic E-state index is 0.199. The number of nitrogens with two attached hydrogens (primary N) is 1. The van der Waals surface area contributed by atoms with Crippen molar-refractivity contribution >= 4 is 5.91 Å². The van der Waals surface area contributed by atoms with Crippen molar-refractivity contribution in [3.8, 4) is 0 Å². The predicted molar refractivity (Wildman–Crippen MR) is 73.8 cm³/mol. The van der Waals surface area contributed by atoms with Crippen molar-refractivity contribution in [1.82, 2.24) is 5.32 Å².